The second kappa shape index (κ2) is 9.40. The fourth-order valence-corrected chi connectivity index (χ4v) is 1.98. The van der Waals surface area contributed by atoms with E-state index in [1.165, 1.54) is 4.90 Å². The van der Waals surface area contributed by atoms with Crippen LogP contribution in [0.1, 0.15) is 5.56 Å². The summed E-state index contributed by atoms with van der Waals surface area (Å²) in [6, 6.07) is 7.61. The normalized spacial score (nSPS) is 12.3. The van der Waals surface area contributed by atoms with Crippen molar-refractivity contribution < 1.29 is 19.4 Å². The first kappa shape index (κ1) is 18.4. The molecule has 0 saturated carbocycles. The minimum absolute atomic E-state index is 0.00430. The molecule has 0 aliphatic heterocycles. The third kappa shape index (κ3) is 6.43. The van der Waals surface area contributed by atoms with Gasteiger partial charge in [0.05, 0.1) is 33.0 Å². The first-order valence-electron chi connectivity index (χ1n) is 7.20. The lowest BCUT2D eigenvalue weighted by Crippen LogP contribution is -2.39. The van der Waals surface area contributed by atoms with Gasteiger partial charge in [-0.2, -0.15) is 0 Å². The summed E-state index contributed by atoms with van der Waals surface area (Å²) in [4.78, 5) is 14.9. The minimum atomic E-state index is -0.644. The van der Waals surface area contributed by atoms with Gasteiger partial charge in [0.15, 0.2) is 0 Å². The standard InChI is InChI=1S/C16H26N2O4/c1-17(2)16(20)10-18(3)9-14(19)12-22-11-13-7-5-6-8-15(13)21-4/h5-8,14,19H,9-12H2,1-4H3. The Morgan fingerprint density at radius 2 is 1.95 bits per heavy atom. The fraction of sp³-hybridized carbons (Fsp3) is 0.562. The number of aliphatic hydroxyl groups is 1. The van der Waals surface area contributed by atoms with E-state index in [-0.39, 0.29) is 19.1 Å². The summed E-state index contributed by atoms with van der Waals surface area (Å²) in [5.74, 6) is 0.773. The molecular formula is C16H26N2O4. The van der Waals surface area contributed by atoms with E-state index in [9.17, 15) is 9.90 Å². The molecule has 124 valence electrons. The molecule has 6 heteroatoms. The number of nitrogens with zero attached hydrogens (tertiary/aromatic N) is 2. The molecule has 0 heterocycles. The molecule has 1 aromatic carbocycles. The molecule has 1 amide bonds. The maximum Gasteiger partial charge on any atom is 0.236 e. The van der Waals surface area contributed by atoms with E-state index in [2.05, 4.69) is 0 Å². The lowest BCUT2D eigenvalue weighted by molar-refractivity contribution is -0.129. The quantitative estimate of drug-likeness (QED) is 0.723. The third-order valence-corrected chi connectivity index (χ3v) is 3.19. The summed E-state index contributed by atoms with van der Waals surface area (Å²) in [6.45, 7) is 1.24. The van der Waals surface area contributed by atoms with Gasteiger partial charge < -0.3 is 19.5 Å². The molecule has 0 spiro atoms. The number of likely N-dealkylation sites (N-methyl/N-ethyl adjacent to an activating group) is 2. The van der Waals surface area contributed by atoms with Gasteiger partial charge in [0.2, 0.25) is 5.91 Å². The molecule has 1 unspecified atom stereocenters. The molecule has 6 nitrogen and oxygen atoms in total. The summed E-state index contributed by atoms with van der Waals surface area (Å²) in [5, 5.41) is 9.95. The molecule has 0 aliphatic rings. The number of carbonyl (C=O) groups is 1. The van der Waals surface area contributed by atoms with Crippen molar-refractivity contribution in [3.63, 3.8) is 0 Å². The highest BCUT2D eigenvalue weighted by Gasteiger charge is 2.13. The number of amides is 1. The highest BCUT2D eigenvalue weighted by molar-refractivity contribution is 5.77. The molecule has 0 radical (unpaired) electrons. The summed E-state index contributed by atoms with van der Waals surface area (Å²) in [7, 11) is 6.83. The second-order valence-corrected chi connectivity index (χ2v) is 5.47. The Morgan fingerprint density at radius 1 is 1.27 bits per heavy atom. The summed E-state index contributed by atoms with van der Waals surface area (Å²) >= 11 is 0. The highest BCUT2D eigenvalue weighted by atomic mass is 16.5. The van der Waals surface area contributed by atoms with Crippen LogP contribution in [-0.4, -0.2) is 74.9 Å². The van der Waals surface area contributed by atoms with Crippen LogP contribution in [-0.2, 0) is 16.1 Å². The fourth-order valence-electron chi connectivity index (χ4n) is 1.98. The smallest absolute Gasteiger partial charge is 0.236 e. The number of methoxy groups -OCH3 is 1. The number of aliphatic hydroxyl groups excluding tert-OH is 1. The van der Waals surface area contributed by atoms with Crippen LogP contribution in [0.4, 0.5) is 0 Å². The number of hydrogen-bond acceptors (Lipinski definition) is 5. The average molecular weight is 310 g/mol. The van der Waals surface area contributed by atoms with E-state index in [0.29, 0.717) is 13.2 Å². The summed E-state index contributed by atoms with van der Waals surface area (Å²) in [6.07, 6.45) is -0.644. The van der Waals surface area contributed by atoms with E-state index in [0.717, 1.165) is 11.3 Å². The largest absolute Gasteiger partial charge is 0.496 e. The van der Waals surface area contributed by atoms with Crippen molar-refractivity contribution in [3.8, 4) is 5.75 Å². The van der Waals surface area contributed by atoms with Gasteiger partial charge in [-0.25, -0.2) is 0 Å². The Balaban J connectivity index is 2.31. The van der Waals surface area contributed by atoms with E-state index in [1.54, 1.807) is 33.2 Å². The zero-order chi connectivity index (χ0) is 16.5. The Labute approximate surface area is 132 Å². The van der Waals surface area contributed by atoms with E-state index < -0.39 is 6.10 Å². The predicted molar refractivity (Wildman–Crippen MR) is 84.8 cm³/mol. The molecule has 22 heavy (non-hydrogen) atoms. The Morgan fingerprint density at radius 3 is 2.59 bits per heavy atom. The van der Waals surface area contributed by atoms with E-state index in [4.69, 9.17) is 9.47 Å². The SMILES string of the molecule is COc1ccccc1COCC(O)CN(C)CC(=O)N(C)C. The highest BCUT2D eigenvalue weighted by Crippen LogP contribution is 2.17. The molecule has 1 aromatic rings. The second-order valence-electron chi connectivity index (χ2n) is 5.47. The van der Waals surface area contributed by atoms with Crippen LogP contribution in [0.25, 0.3) is 0 Å². The number of benzene rings is 1. The molecule has 0 aromatic heterocycles. The number of ether oxygens (including phenoxy) is 2. The van der Waals surface area contributed by atoms with Gasteiger partial charge in [-0.3, -0.25) is 9.69 Å². The van der Waals surface area contributed by atoms with Gasteiger partial charge in [0.1, 0.15) is 5.75 Å². The molecule has 0 aliphatic carbocycles. The van der Waals surface area contributed by atoms with Crippen molar-refractivity contribution in [2.75, 3.05) is 47.9 Å². The zero-order valence-electron chi connectivity index (χ0n) is 13.8. The minimum Gasteiger partial charge on any atom is -0.496 e. The molecule has 0 bridgehead atoms. The van der Waals surface area contributed by atoms with Gasteiger partial charge in [-0.15, -0.1) is 0 Å². The first-order chi connectivity index (χ1) is 10.4. The van der Waals surface area contributed by atoms with Crippen molar-refractivity contribution in [2.45, 2.75) is 12.7 Å². The lowest BCUT2D eigenvalue weighted by Gasteiger charge is -2.21. The Kier molecular flexibility index (Phi) is 7.87. The van der Waals surface area contributed by atoms with Crippen LogP contribution in [0.5, 0.6) is 5.75 Å². The number of carbonyl (C=O) groups excluding carboxylic acids is 1. The van der Waals surface area contributed by atoms with E-state index >= 15 is 0 Å². The molecule has 0 saturated heterocycles. The summed E-state index contributed by atoms with van der Waals surface area (Å²) < 4.78 is 10.8. The van der Waals surface area contributed by atoms with Crippen molar-refractivity contribution in [1.82, 2.24) is 9.80 Å². The summed E-state index contributed by atoms with van der Waals surface area (Å²) in [5.41, 5.74) is 0.938. The Hall–Kier alpha value is -1.63. The number of para-hydroxylation sites is 1. The van der Waals surface area contributed by atoms with E-state index in [1.807, 2.05) is 24.3 Å². The van der Waals surface area contributed by atoms with Crippen LogP contribution >= 0.6 is 0 Å². The van der Waals surface area contributed by atoms with Gasteiger partial charge in [0.25, 0.3) is 0 Å². The topological polar surface area (TPSA) is 62.2 Å². The van der Waals surface area contributed by atoms with Crippen LogP contribution in [0.15, 0.2) is 24.3 Å². The number of rotatable bonds is 9. The monoisotopic (exact) mass is 310 g/mol. The predicted octanol–water partition coefficient (Wildman–Crippen LogP) is 0.593. The zero-order valence-corrected chi connectivity index (χ0v) is 13.8. The maximum atomic E-state index is 11.6. The van der Waals surface area contributed by atoms with Crippen LogP contribution in [0.2, 0.25) is 0 Å². The van der Waals surface area contributed by atoms with Gasteiger partial charge >= 0.3 is 0 Å². The third-order valence-electron chi connectivity index (χ3n) is 3.19. The number of hydrogen-bond donors (Lipinski definition) is 1. The molecule has 1 rings (SSSR count). The van der Waals surface area contributed by atoms with Crippen LogP contribution in [0.3, 0.4) is 0 Å². The van der Waals surface area contributed by atoms with Gasteiger partial charge in [-0.1, -0.05) is 18.2 Å². The van der Waals surface area contributed by atoms with Gasteiger partial charge in [-0.05, 0) is 13.1 Å². The van der Waals surface area contributed by atoms with Crippen molar-refractivity contribution in [1.29, 1.82) is 0 Å². The van der Waals surface area contributed by atoms with Crippen molar-refractivity contribution in [3.05, 3.63) is 29.8 Å². The molecular weight excluding hydrogens is 284 g/mol. The average Bonchev–Trinajstić information content (AvgIpc) is 2.47. The first-order valence-corrected chi connectivity index (χ1v) is 7.20. The molecule has 0 fully saturated rings. The van der Waals surface area contributed by atoms with Gasteiger partial charge in [0, 0.05) is 26.2 Å². The molecule has 1 atom stereocenters. The lowest BCUT2D eigenvalue weighted by atomic mass is 10.2. The molecule has 1 N–H and O–H groups in total. The maximum absolute atomic E-state index is 11.6. The Bertz CT molecular complexity index is 465. The van der Waals surface area contributed by atoms with Crippen LogP contribution in [0, 0.1) is 0 Å². The van der Waals surface area contributed by atoms with Crippen LogP contribution < -0.4 is 4.74 Å². The van der Waals surface area contributed by atoms with Crippen molar-refractivity contribution >= 4 is 5.91 Å². The van der Waals surface area contributed by atoms with Crippen molar-refractivity contribution in [2.24, 2.45) is 0 Å².